The molecule has 1 atom stereocenters. The molecule has 0 saturated carbocycles. The van der Waals surface area contributed by atoms with Crippen LogP contribution in [0, 0.1) is 10.1 Å². The molecule has 1 heterocycles. The second kappa shape index (κ2) is 5.66. The number of carbonyl (C=O) groups is 1. The van der Waals surface area contributed by atoms with Gasteiger partial charge in [0.1, 0.15) is 5.75 Å². The monoisotopic (exact) mass is 265 g/mol. The van der Waals surface area contributed by atoms with Crippen LogP contribution in [0.1, 0.15) is 16.8 Å². The first-order chi connectivity index (χ1) is 9.11. The van der Waals surface area contributed by atoms with Crippen molar-refractivity contribution >= 4 is 11.6 Å². The number of rotatable bonds is 4. The summed E-state index contributed by atoms with van der Waals surface area (Å²) in [4.78, 5) is 22.3. The Hall–Kier alpha value is -2.15. The second-order valence-corrected chi connectivity index (χ2v) is 4.30. The predicted octanol–water partition coefficient (Wildman–Crippen LogP) is 0.695. The average Bonchev–Trinajstić information content (AvgIpc) is 2.90. The number of amides is 1. The Kier molecular flexibility index (Phi) is 3.96. The van der Waals surface area contributed by atoms with Crippen molar-refractivity contribution in [1.29, 1.82) is 0 Å². The first-order valence-electron chi connectivity index (χ1n) is 5.96. The fraction of sp³-hybridized carbons (Fsp3) is 0.417. The van der Waals surface area contributed by atoms with Gasteiger partial charge in [0.05, 0.1) is 17.6 Å². The topological polar surface area (TPSA) is 93.5 Å². The van der Waals surface area contributed by atoms with E-state index < -0.39 is 4.92 Å². The molecule has 1 amide bonds. The van der Waals surface area contributed by atoms with Gasteiger partial charge in [0.2, 0.25) is 0 Å². The number of ether oxygens (including phenoxy) is 1. The van der Waals surface area contributed by atoms with Crippen LogP contribution >= 0.6 is 0 Å². The minimum absolute atomic E-state index is 0.0523. The Labute approximate surface area is 110 Å². The van der Waals surface area contributed by atoms with Gasteiger partial charge < -0.3 is 15.4 Å². The highest BCUT2D eigenvalue weighted by Gasteiger charge is 2.21. The number of hydrogen-bond donors (Lipinski definition) is 2. The molecule has 2 N–H and O–H groups in total. The lowest BCUT2D eigenvalue weighted by Crippen LogP contribution is -2.36. The second-order valence-electron chi connectivity index (χ2n) is 4.30. The van der Waals surface area contributed by atoms with Gasteiger partial charge in [-0.15, -0.1) is 0 Å². The third-order valence-electron chi connectivity index (χ3n) is 3.03. The molecule has 0 bridgehead atoms. The van der Waals surface area contributed by atoms with Crippen molar-refractivity contribution in [3.8, 4) is 5.75 Å². The van der Waals surface area contributed by atoms with Crippen LogP contribution in [0.25, 0.3) is 0 Å². The van der Waals surface area contributed by atoms with Crippen LogP contribution in [0.3, 0.4) is 0 Å². The maximum atomic E-state index is 12.1. The zero-order valence-corrected chi connectivity index (χ0v) is 10.5. The number of nitrogens with one attached hydrogen (secondary N) is 2. The SMILES string of the molecule is COc1ccc([N+](=O)[O-])cc1C(=O)NC1CCNC1. The summed E-state index contributed by atoms with van der Waals surface area (Å²) < 4.78 is 5.07. The first kappa shape index (κ1) is 13.3. The van der Waals surface area contributed by atoms with Crippen molar-refractivity contribution < 1.29 is 14.5 Å². The van der Waals surface area contributed by atoms with Gasteiger partial charge in [-0.05, 0) is 19.0 Å². The summed E-state index contributed by atoms with van der Waals surface area (Å²) in [7, 11) is 1.43. The molecule has 1 aliphatic rings. The van der Waals surface area contributed by atoms with Crippen LogP contribution in [0.15, 0.2) is 18.2 Å². The van der Waals surface area contributed by atoms with E-state index in [0.29, 0.717) is 12.3 Å². The smallest absolute Gasteiger partial charge is 0.270 e. The summed E-state index contributed by atoms with van der Waals surface area (Å²) in [6.07, 6.45) is 0.850. The van der Waals surface area contributed by atoms with Crippen LogP contribution in [-0.2, 0) is 0 Å². The van der Waals surface area contributed by atoms with E-state index in [0.717, 1.165) is 13.0 Å². The molecular formula is C12H15N3O4. The molecule has 0 radical (unpaired) electrons. The molecule has 1 aliphatic heterocycles. The number of carbonyl (C=O) groups excluding carboxylic acids is 1. The molecule has 1 saturated heterocycles. The molecule has 1 unspecified atom stereocenters. The quantitative estimate of drug-likeness (QED) is 0.617. The Morgan fingerprint density at radius 3 is 2.95 bits per heavy atom. The van der Waals surface area contributed by atoms with Crippen molar-refractivity contribution in [3.05, 3.63) is 33.9 Å². The zero-order valence-electron chi connectivity index (χ0n) is 10.5. The first-order valence-corrected chi connectivity index (χ1v) is 5.96. The number of nitrogens with zero attached hydrogens (tertiary/aromatic N) is 1. The van der Waals surface area contributed by atoms with Crippen molar-refractivity contribution in [3.63, 3.8) is 0 Å². The number of hydrogen-bond acceptors (Lipinski definition) is 5. The van der Waals surface area contributed by atoms with Gasteiger partial charge in [-0.25, -0.2) is 0 Å². The number of methoxy groups -OCH3 is 1. The van der Waals surface area contributed by atoms with E-state index in [4.69, 9.17) is 4.74 Å². The van der Waals surface area contributed by atoms with Gasteiger partial charge in [-0.3, -0.25) is 14.9 Å². The summed E-state index contributed by atoms with van der Waals surface area (Å²) in [6, 6.07) is 4.03. The fourth-order valence-corrected chi connectivity index (χ4v) is 2.03. The lowest BCUT2D eigenvalue weighted by molar-refractivity contribution is -0.384. The lowest BCUT2D eigenvalue weighted by Gasteiger charge is -2.13. The van der Waals surface area contributed by atoms with Crippen molar-refractivity contribution in [1.82, 2.24) is 10.6 Å². The molecule has 0 spiro atoms. The minimum atomic E-state index is -0.534. The van der Waals surface area contributed by atoms with Gasteiger partial charge in [-0.2, -0.15) is 0 Å². The van der Waals surface area contributed by atoms with Gasteiger partial charge in [-0.1, -0.05) is 0 Å². The standard InChI is InChI=1S/C12H15N3O4/c1-19-11-3-2-9(15(17)18)6-10(11)12(16)14-8-4-5-13-7-8/h2-3,6,8,13H,4-5,7H2,1H3,(H,14,16). The van der Waals surface area contributed by atoms with Gasteiger partial charge in [0.25, 0.3) is 11.6 Å². The average molecular weight is 265 g/mol. The number of non-ortho nitro benzene ring substituents is 1. The van der Waals surface area contributed by atoms with Crippen LogP contribution in [0.4, 0.5) is 5.69 Å². The fourth-order valence-electron chi connectivity index (χ4n) is 2.03. The molecule has 1 aromatic carbocycles. The highest BCUT2D eigenvalue weighted by Crippen LogP contribution is 2.24. The summed E-state index contributed by atoms with van der Waals surface area (Å²) in [5.41, 5.74) is 0.0547. The Morgan fingerprint density at radius 2 is 2.37 bits per heavy atom. The van der Waals surface area contributed by atoms with E-state index >= 15 is 0 Å². The molecule has 0 aromatic heterocycles. The van der Waals surface area contributed by atoms with E-state index in [1.54, 1.807) is 0 Å². The Morgan fingerprint density at radius 1 is 1.58 bits per heavy atom. The third kappa shape index (κ3) is 3.00. The van der Waals surface area contributed by atoms with Crippen LogP contribution in [-0.4, -0.2) is 37.1 Å². The predicted molar refractivity (Wildman–Crippen MR) is 68.4 cm³/mol. The lowest BCUT2D eigenvalue weighted by atomic mass is 10.1. The molecule has 102 valence electrons. The molecule has 2 rings (SSSR count). The molecule has 1 aromatic rings. The van der Waals surface area contributed by atoms with Crippen LogP contribution in [0.2, 0.25) is 0 Å². The highest BCUT2D eigenvalue weighted by molar-refractivity contribution is 5.97. The number of nitro benzene ring substituents is 1. The van der Waals surface area contributed by atoms with Gasteiger partial charge in [0.15, 0.2) is 0 Å². The Bertz CT molecular complexity index is 498. The highest BCUT2D eigenvalue weighted by atomic mass is 16.6. The third-order valence-corrected chi connectivity index (χ3v) is 3.03. The van der Waals surface area contributed by atoms with E-state index in [2.05, 4.69) is 10.6 Å². The molecule has 1 fully saturated rings. The van der Waals surface area contributed by atoms with E-state index in [1.165, 1.54) is 25.3 Å². The van der Waals surface area contributed by atoms with E-state index in [-0.39, 0.29) is 23.2 Å². The maximum Gasteiger partial charge on any atom is 0.270 e. The largest absolute Gasteiger partial charge is 0.496 e. The zero-order chi connectivity index (χ0) is 13.8. The van der Waals surface area contributed by atoms with Crippen molar-refractivity contribution in [2.45, 2.75) is 12.5 Å². The van der Waals surface area contributed by atoms with Crippen LogP contribution in [0.5, 0.6) is 5.75 Å². The molecular weight excluding hydrogens is 250 g/mol. The minimum Gasteiger partial charge on any atom is -0.496 e. The summed E-state index contributed by atoms with van der Waals surface area (Å²) in [5, 5.41) is 16.7. The summed E-state index contributed by atoms with van der Waals surface area (Å²) in [6.45, 7) is 1.57. The summed E-state index contributed by atoms with van der Waals surface area (Å²) >= 11 is 0. The van der Waals surface area contributed by atoms with Gasteiger partial charge >= 0.3 is 0 Å². The van der Waals surface area contributed by atoms with Crippen molar-refractivity contribution in [2.24, 2.45) is 0 Å². The summed E-state index contributed by atoms with van der Waals surface area (Å²) in [5.74, 6) is -0.0247. The number of nitro groups is 1. The molecule has 0 aliphatic carbocycles. The van der Waals surface area contributed by atoms with Crippen molar-refractivity contribution in [2.75, 3.05) is 20.2 Å². The van der Waals surface area contributed by atoms with Crippen LogP contribution < -0.4 is 15.4 Å². The molecule has 19 heavy (non-hydrogen) atoms. The molecule has 7 heteroatoms. The van der Waals surface area contributed by atoms with E-state index in [1.807, 2.05) is 0 Å². The van der Waals surface area contributed by atoms with Gasteiger partial charge in [0, 0.05) is 24.7 Å². The molecule has 7 nitrogen and oxygen atoms in total. The number of benzene rings is 1. The Balaban J connectivity index is 2.22. The maximum absolute atomic E-state index is 12.1. The normalized spacial score (nSPS) is 18.1. The van der Waals surface area contributed by atoms with E-state index in [9.17, 15) is 14.9 Å².